The Balaban J connectivity index is 2.19. The normalized spacial score (nSPS) is 35.1. The van der Waals surface area contributed by atoms with Crippen molar-refractivity contribution >= 4 is 12.2 Å². The van der Waals surface area contributed by atoms with Gasteiger partial charge in [-0.2, -0.15) is 0 Å². The van der Waals surface area contributed by atoms with Gasteiger partial charge in [-0.1, -0.05) is 12.8 Å². The van der Waals surface area contributed by atoms with E-state index >= 15 is 0 Å². The van der Waals surface area contributed by atoms with Crippen LogP contribution in [0.25, 0.3) is 0 Å². The highest BCUT2D eigenvalue weighted by atomic mass is 16.2. The van der Waals surface area contributed by atoms with Gasteiger partial charge in [-0.3, -0.25) is 9.79 Å². The standard InChI is InChI=1S/C9H14N2O/c1-11-6-10-8-5-3-2-4-7(8)9(11)12/h6-8H,2-5H2,1H3. The fourth-order valence-electron chi connectivity index (χ4n) is 2.08. The molecule has 2 rings (SSSR count). The fourth-order valence-corrected chi connectivity index (χ4v) is 2.08. The number of fused-ring (bicyclic) bond motifs is 1. The molecule has 0 aromatic heterocycles. The second kappa shape index (κ2) is 2.88. The maximum absolute atomic E-state index is 11.6. The van der Waals surface area contributed by atoms with E-state index in [1.54, 1.807) is 18.3 Å². The van der Waals surface area contributed by atoms with Gasteiger partial charge in [-0.25, -0.2) is 0 Å². The summed E-state index contributed by atoms with van der Waals surface area (Å²) < 4.78 is 0. The monoisotopic (exact) mass is 166 g/mol. The number of carbonyl (C=O) groups excluding carboxylic acids is 1. The zero-order chi connectivity index (χ0) is 8.55. The highest BCUT2D eigenvalue weighted by Crippen LogP contribution is 2.29. The van der Waals surface area contributed by atoms with Crippen LogP contribution in [0.5, 0.6) is 0 Å². The van der Waals surface area contributed by atoms with Crippen molar-refractivity contribution in [2.24, 2.45) is 10.9 Å². The van der Waals surface area contributed by atoms with E-state index in [1.165, 1.54) is 12.8 Å². The Hall–Kier alpha value is -0.860. The fraction of sp³-hybridized carbons (Fsp3) is 0.778. The molecule has 0 spiro atoms. The Bertz CT molecular complexity index is 225. The second-order valence-electron chi connectivity index (χ2n) is 3.67. The number of aliphatic imine (C=N–C) groups is 1. The topological polar surface area (TPSA) is 32.7 Å². The first-order chi connectivity index (χ1) is 5.79. The molecule has 2 aliphatic rings. The molecule has 0 aromatic rings. The Labute approximate surface area is 72.5 Å². The van der Waals surface area contributed by atoms with E-state index < -0.39 is 0 Å². The molecule has 1 saturated carbocycles. The Morgan fingerprint density at radius 2 is 2.25 bits per heavy atom. The number of hydrogen-bond donors (Lipinski definition) is 0. The molecule has 2 unspecified atom stereocenters. The molecular formula is C9H14N2O. The van der Waals surface area contributed by atoms with Crippen molar-refractivity contribution in [1.29, 1.82) is 0 Å². The Morgan fingerprint density at radius 3 is 3.08 bits per heavy atom. The van der Waals surface area contributed by atoms with E-state index in [4.69, 9.17) is 0 Å². The molecule has 3 heteroatoms. The van der Waals surface area contributed by atoms with E-state index in [9.17, 15) is 4.79 Å². The summed E-state index contributed by atoms with van der Waals surface area (Å²) >= 11 is 0. The third kappa shape index (κ3) is 1.13. The van der Waals surface area contributed by atoms with Crippen LogP contribution in [0.15, 0.2) is 4.99 Å². The van der Waals surface area contributed by atoms with Crippen LogP contribution in [0, 0.1) is 5.92 Å². The number of rotatable bonds is 0. The summed E-state index contributed by atoms with van der Waals surface area (Å²) in [6.07, 6.45) is 6.23. The first kappa shape index (κ1) is 7.77. The van der Waals surface area contributed by atoms with E-state index in [0.717, 1.165) is 12.8 Å². The molecule has 3 nitrogen and oxygen atoms in total. The number of carbonyl (C=O) groups is 1. The molecule has 0 bridgehead atoms. The van der Waals surface area contributed by atoms with Crippen LogP contribution in [-0.2, 0) is 4.79 Å². The summed E-state index contributed by atoms with van der Waals surface area (Å²) in [6, 6.07) is 0.294. The first-order valence-corrected chi connectivity index (χ1v) is 4.59. The van der Waals surface area contributed by atoms with Crippen molar-refractivity contribution in [1.82, 2.24) is 4.90 Å². The van der Waals surface area contributed by atoms with Crippen LogP contribution < -0.4 is 0 Å². The van der Waals surface area contributed by atoms with Gasteiger partial charge in [0, 0.05) is 7.05 Å². The lowest BCUT2D eigenvalue weighted by Crippen LogP contribution is -2.43. The van der Waals surface area contributed by atoms with Gasteiger partial charge >= 0.3 is 0 Å². The predicted molar refractivity (Wildman–Crippen MR) is 47.0 cm³/mol. The van der Waals surface area contributed by atoms with Gasteiger partial charge in [0.2, 0.25) is 5.91 Å². The molecule has 1 heterocycles. The van der Waals surface area contributed by atoms with Crippen LogP contribution in [0.2, 0.25) is 0 Å². The van der Waals surface area contributed by atoms with E-state index in [2.05, 4.69) is 4.99 Å². The quantitative estimate of drug-likeness (QED) is 0.529. The second-order valence-corrected chi connectivity index (χ2v) is 3.67. The van der Waals surface area contributed by atoms with Gasteiger partial charge in [0.1, 0.15) is 0 Å². The summed E-state index contributed by atoms with van der Waals surface area (Å²) in [5.41, 5.74) is 0. The highest BCUT2D eigenvalue weighted by molar-refractivity contribution is 5.91. The molecule has 0 N–H and O–H groups in total. The molecular weight excluding hydrogens is 152 g/mol. The first-order valence-electron chi connectivity index (χ1n) is 4.59. The van der Waals surface area contributed by atoms with Crippen molar-refractivity contribution in [2.45, 2.75) is 31.7 Å². The van der Waals surface area contributed by atoms with E-state index in [-0.39, 0.29) is 11.8 Å². The molecule has 0 aromatic carbocycles. The maximum Gasteiger partial charge on any atom is 0.232 e. The summed E-state index contributed by atoms with van der Waals surface area (Å²) in [6.45, 7) is 0. The lowest BCUT2D eigenvalue weighted by molar-refractivity contribution is -0.132. The van der Waals surface area contributed by atoms with Gasteiger partial charge in [0.25, 0.3) is 0 Å². The summed E-state index contributed by atoms with van der Waals surface area (Å²) in [5.74, 6) is 0.448. The summed E-state index contributed by atoms with van der Waals surface area (Å²) in [4.78, 5) is 17.6. The molecule has 1 fully saturated rings. The number of amides is 1. The Morgan fingerprint density at radius 1 is 1.50 bits per heavy atom. The predicted octanol–water partition coefficient (Wildman–Crippen LogP) is 1.05. The molecule has 0 saturated heterocycles. The van der Waals surface area contributed by atoms with Crippen LogP contribution >= 0.6 is 0 Å². The highest BCUT2D eigenvalue weighted by Gasteiger charge is 2.34. The van der Waals surface area contributed by atoms with Gasteiger partial charge in [0.05, 0.1) is 18.3 Å². The lowest BCUT2D eigenvalue weighted by atomic mass is 9.83. The average molecular weight is 166 g/mol. The minimum absolute atomic E-state index is 0.189. The minimum atomic E-state index is 0.189. The number of nitrogens with zero attached hydrogens (tertiary/aromatic N) is 2. The van der Waals surface area contributed by atoms with E-state index in [1.807, 2.05) is 0 Å². The molecule has 1 aliphatic carbocycles. The molecule has 0 radical (unpaired) electrons. The summed E-state index contributed by atoms with van der Waals surface area (Å²) in [7, 11) is 1.79. The molecule has 1 aliphatic heterocycles. The largest absolute Gasteiger partial charge is 0.306 e. The maximum atomic E-state index is 11.6. The van der Waals surface area contributed by atoms with Gasteiger partial charge in [0.15, 0.2) is 0 Å². The van der Waals surface area contributed by atoms with Crippen molar-refractivity contribution in [3.05, 3.63) is 0 Å². The molecule has 66 valence electrons. The van der Waals surface area contributed by atoms with Crippen molar-refractivity contribution in [3.8, 4) is 0 Å². The van der Waals surface area contributed by atoms with Crippen molar-refractivity contribution in [2.75, 3.05) is 7.05 Å². The average Bonchev–Trinajstić information content (AvgIpc) is 2.12. The van der Waals surface area contributed by atoms with Gasteiger partial charge < -0.3 is 4.90 Å². The van der Waals surface area contributed by atoms with Crippen molar-refractivity contribution in [3.63, 3.8) is 0 Å². The van der Waals surface area contributed by atoms with Gasteiger partial charge in [-0.15, -0.1) is 0 Å². The Kier molecular flexibility index (Phi) is 1.87. The van der Waals surface area contributed by atoms with Crippen LogP contribution in [-0.4, -0.2) is 30.2 Å². The SMILES string of the molecule is CN1C=NC2CCCCC2C1=O. The zero-order valence-electron chi connectivity index (χ0n) is 7.36. The minimum Gasteiger partial charge on any atom is -0.306 e. The number of hydrogen-bond acceptors (Lipinski definition) is 2. The molecule has 1 amide bonds. The van der Waals surface area contributed by atoms with Crippen LogP contribution in [0.4, 0.5) is 0 Å². The smallest absolute Gasteiger partial charge is 0.232 e. The third-order valence-electron chi connectivity index (χ3n) is 2.83. The molecule has 2 atom stereocenters. The van der Waals surface area contributed by atoms with Crippen LogP contribution in [0.3, 0.4) is 0 Å². The third-order valence-corrected chi connectivity index (χ3v) is 2.83. The summed E-state index contributed by atoms with van der Waals surface area (Å²) in [5, 5.41) is 0. The van der Waals surface area contributed by atoms with E-state index in [0.29, 0.717) is 6.04 Å². The van der Waals surface area contributed by atoms with Crippen LogP contribution in [0.1, 0.15) is 25.7 Å². The zero-order valence-corrected chi connectivity index (χ0v) is 7.36. The van der Waals surface area contributed by atoms with Gasteiger partial charge in [-0.05, 0) is 12.8 Å². The molecule has 12 heavy (non-hydrogen) atoms. The van der Waals surface area contributed by atoms with Crippen molar-refractivity contribution < 1.29 is 4.79 Å². The lowest BCUT2D eigenvalue weighted by Gasteiger charge is -2.33.